The first-order valence-corrected chi connectivity index (χ1v) is 11.3. The minimum absolute atomic E-state index is 0.406. The van der Waals surface area contributed by atoms with Gasteiger partial charge >= 0.3 is 5.97 Å². The maximum atomic E-state index is 10.2. The van der Waals surface area contributed by atoms with Crippen LogP contribution >= 0.6 is 0 Å². The van der Waals surface area contributed by atoms with Crippen LogP contribution in [0, 0.1) is 5.41 Å². The minimum atomic E-state index is -1.11. The summed E-state index contributed by atoms with van der Waals surface area (Å²) < 4.78 is 0. The first-order valence-electron chi connectivity index (χ1n) is 11.3. The number of hydrogen-bond acceptors (Lipinski definition) is 5. The molecule has 0 aliphatic carbocycles. The lowest BCUT2D eigenvalue weighted by Gasteiger charge is -2.23. The van der Waals surface area contributed by atoms with Crippen molar-refractivity contribution >= 4 is 5.97 Å². The quantitative estimate of drug-likeness (QED) is 0.159. The highest BCUT2D eigenvalue weighted by Crippen LogP contribution is 2.13. The molecule has 6 nitrogen and oxygen atoms in total. The number of carboxylic acids is 1. The highest BCUT2D eigenvalue weighted by molar-refractivity contribution is 5.79. The molecule has 5 N–H and O–H groups in total. The third-order valence-corrected chi connectivity index (χ3v) is 5.08. The summed E-state index contributed by atoms with van der Waals surface area (Å²) in [6.07, 6.45) is 21.6. The molecule has 0 amide bonds. The molecule has 0 rings (SSSR count). The van der Waals surface area contributed by atoms with Crippen molar-refractivity contribution in [3.8, 4) is 0 Å². The molecule has 0 unspecified atom stereocenters. The van der Waals surface area contributed by atoms with Gasteiger partial charge in [0.05, 0.1) is 31.8 Å². The highest BCUT2D eigenvalue weighted by Gasteiger charge is 2.26. The Bertz CT molecular complexity index is 349. The third-order valence-electron chi connectivity index (χ3n) is 5.08. The van der Waals surface area contributed by atoms with Gasteiger partial charge in [0.2, 0.25) is 0 Å². The van der Waals surface area contributed by atoms with E-state index in [0.29, 0.717) is 0 Å². The second kappa shape index (κ2) is 23.3. The van der Waals surface area contributed by atoms with Crippen molar-refractivity contribution in [1.82, 2.24) is 0 Å². The topological polar surface area (TPSA) is 118 Å². The smallest absolute Gasteiger partial charge is 0.327 e. The summed E-state index contributed by atoms with van der Waals surface area (Å²) in [5, 5.41) is 42.4. The summed E-state index contributed by atoms with van der Waals surface area (Å²) in [6, 6.07) is 0. The average molecular weight is 419 g/mol. The Morgan fingerprint density at radius 2 is 1.00 bits per heavy atom. The molecule has 0 aromatic carbocycles. The summed E-state index contributed by atoms with van der Waals surface area (Å²) in [5.41, 5.74) is -1.11. The lowest BCUT2D eigenvalue weighted by atomic mass is 9.93. The van der Waals surface area contributed by atoms with Gasteiger partial charge in [-0.2, -0.15) is 0 Å². The van der Waals surface area contributed by atoms with Crippen LogP contribution in [0.25, 0.3) is 0 Å². The van der Waals surface area contributed by atoms with E-state index in [-0.39, 0.29) is 0 Å². The molecule has 0 fully saturated rings. The van der Waals surface area contributed by atoms with Gasteiger partial charge in [-0.15, -0.1) is 0 Å². The average Bonchev–Trinajstić information content (AvgIpc) is 2.73. The summed E-state index contributed by atoms with van der Waals surface area (Å²) in [5.74, 6) is -0.834. The zero-order valence-electron chi connectivity index (χ0n) is 18.5. The SMILES string of the molecule is CCCCCCCCCCCCCCCC=CC(=O)O.OCC(CO)(CO)CO. The molecule has 0 atom stereocenters. The normalized spacial score (nSPS) is 11.5. The van der Waals surface area contributed by atoms with Crippen molar-refractivity contribution in [3.63, 3.8) is 0 Å². The van der Waals surface area contributed by atoms with Crippen LogP contribution in [0.5, 0.6) is 0 Å². The monoisotopic (exact) mass is 418 g/mol. The second-order valence-electron chi connectivity index (χ2n) is 7.90. The third kappa shape index (κ3) is 21.6. The molecular formula is C23H46O6. The van der Waals surface area contributed by atoms with E-state index in [4.69, 9.17) is 25.5 Å². The van der Waals surface area contributed by atoms with Crippen LogP contribution in [-0.4, -0.2) is 57.9 Å². The van der Waals surface area contributed by atoms with E-state index in [9.17, 15) is 4.79 Å². The number of aliphatic hydroxyl groups excluding tert-OH is 4. The van der Waals surface area contributed by atoms with E-state index >= 15 is 0 Å². The Balaban J connectivity index is 0. The fourth-order valence-electron chi connectivity index (χ4n) is 2.76. The molecule has 0 heterocycles. The van der Waals surface area contributed by atoms with E-state index in [1.807, 2.05) is 0 Å². The van der Waals surface area contributed by atoms with Crippen LogP contribution in [0.3, 0.4) is 0 Å². The molecule has 0 aliphatic heterocycles. The summed E-state index contributed by atoms with van der Waals surface area (Å²) in [4.78, 5) is 10.2. The van der Waals surface area contributed by atoms with Gasteiger partial charge in [0, 0.05) is 6.08 Å². The van der Waals surface area contributed by atoms with Crippen LogP contribution in [0.15, 0.2) is 12.2 Å². The van der Waals surface area contributed by atoms with Crippen LogP contribution < -0.4 is 0 Å². The van der Waals surface area contributed by atoms with Gasteiger partial charge in [-0.1, -0.05) is 90.0 Å². The number of aliphatic hydroxyl groups is 4. The fraction of sp³-hybridized carbons (Fsp3) is 0.870. The molecule has 0 spiro atoms. The molecule has 6 heteroatoms. The van der Waals surface area contributed by atoms with E-state index in [0.717, 1.165) is 12.8 Å². The Morgan fingerprint density at radius 3 is 1.28 bits per heavy atom. The van der Waals surface area contributed by atoms with Crippen molar-refractivity contribution < 1.29 is 30.3 Å². The standard InChI is InChI=1S/C18H34O2.C5H12O4/c1-2-3-4-5-6-7-8-9-10-11-12-13-14-15-16-17-18(19)20;6-1-5(2-7,3-8)4-9/h16-17H,2-15H2,1H3,(H,19,20);6-9H,1-4H2. The van der Waals surface area contributed by atoms with Gasteiger partial charge in [-0.25, -0.2) is 4.79 Å². The molecular weight excluding hydrogens is 372 g/mol. The van der Waals surface area contributed by atoms with Gasteiger partial charge in [0.25, 0.3) is 0 Å². The minimum Gasteiger partial charge on any atom is -0.478 e. The largest absolute Gasteiger partial charge is 0.478 e. The van der Waals surface area contributed by atoms with E-state index < -0.39 is 37.8 Å². The van der Waals surface area contributed by atoms with Crippen molar-refractivity contribution in [1.29, 1.82) is 0 Å². The van der Waals surface area contributed by atoms with Gasteiger partial charge in [-0.3, -0.25) is 0 Å². The molecule has 0 saturated heterocycles. The van der Waals surface area contributed by atoms with Crippen molar-refractivity contribution in [3.05, 3.63) is 12.2 Å². The number of unbranched alkanes of at least 4 members (excludes halogenated alkanes) is 13. The molecule has 0 aromatic heterocycles. The van der Waals surface area contributed by atoms with Gasteiger partial charge < -0.3 is 25.5 Å². The zero-order chi connectivity index (χ0) is 22.2. The number of carboxylic acid groups (broad SMARTS) is 1. The second-order valence-corrected chi connectivity index (χ2v) is 7.90. The van der Waals surface area contributed by atoms with Crippen molar-refractivity contribution in [2.24, 2.45) is 5.41 Å². The van der Waals surface area contributed by atoms with Crippen LogP contribution in [0.1, 0.15) is 96.8 Å². The van der Waals surface area contributed by atoms with Crippen LogP contribution in [0.2, 0.25) is 0 Å². The van der Waals surface area contributed by atoms with Crippen molar-refractivity contribution in [2.45, 2.75) is 96.8 Å². The lowest BCUT2D eigenvalue weighted by Crippen LogP contribution is -2.37. The molecule has 0 saturated carbocycles. The van der Waals surface area contributed by atoms with Gasteiger partial charge in [-0.05, 0) is 12.8 Å². The predicted octanol–water partition coefficient (Wildman–Crippen LogP) is 4.05. The Kier molecular flexibility index (Phi) is 24.3. The summed E-state index contributed by atoms with van der Waals surface area (Å²) >= 11 is 0. The molecule has 0 aliphatic rings. The van der Waals surface area contributed by atoms with Crippen LogP contribution in [0.4, 0.5) is 0 Å². The van der Waals surface area contributed by atoms with Gasteiger partial charge in [0.1, 0.15) is 0 Å². The molecule has 0 aromatic rings. The zero-order valence-corrected chi connectivity index (χ0v) is 18.5. The number of allylic oxidation sites excluding steroid dienone is 1. The fourth-order valence-corrected chi connectivity index (χ4v) is 2.76. The van der Waals surface area contributed by atoms with Gasteiger partial charge in [0.15, 0.2) is 0 Å². The molecule has 0 bridgehead atoms. The maximum absolute atomic E-state index is 10.2. The molecule has 29 heavy (non-hydrogen) atoms. The first-order chi connectivity index (χ1) is 14.0. The summed E-state index contributed by atoms with van der Waals surface area (Å²) in [7, 11) is 0. The maximum Gasteiger partial charge on any atom is 0.327 e. The molecule has 174 valence electrons. The Hall–Kier alpha value is -0.950. The Morgan fingerprint density at radius 1 is 0.655 bits per heavy atom. The van der Waals surface area contributed by atoms with Crippen LogP contribution in [-0.2, 0) is 4.79 Å². The van der Waals surface area contributed by atoms with Crippen molar-refractivity contribution in [2.75, 3.05) is 26.4 Å². The van der Waals surface area contributed by atoms with E-state index in [1.54, 1.807) is 6.08 Å². The van der Waals surface area contributed by atoms with E-state index in [2.05, 4.69) is 6.92 Å². The first kappa shape index (κ1) is 30.2. The number of hydrogen-bond donors (Lipinski definition) is 5. The number of carbonyl (C=O) groups is 1. The number of aliphatic carboxylic acids is 1. The lowest BCUT2D eigenvalue weighted by molar-refractivity contribution is -0.131. The Labute approximate surface area is 177 Å². The number of rotatable bonds is 19. The highest BCUT2D eigenvalue weighted by atomic mass is 16.4. The predicted molar refractivity (Wildman–Crippen MR) is 118 cm³/mol. The van der Waals surface area contributed by atoms with E-state index in [1.165, 1.54) is 83.1 Å². The molecule has 0 radical (unpaired) electrons. The summed E-state index contributed by atoms with van der Waals surface area (Å²) in [6.45, 7) is 0.641.